The Morgan fingerprint density at radius 2 is 0.895 bits per heavy atom. The van der Waals surface area contributed by atoms with Gasteiger partial charge in [-0.3, -0.25) is 9.59 Å². The van der Waals surface area contributed by atoms with E-state index in [0.29, 0.717) is 0 Å². The lowest BCUT2D eigenvalue weighted by Crippen LogP contribution is -2.29. The van der Waals surface area contributed by atoms with Crippen molar-refractivity contribution in [2.75, 3.05) is 0 Å². The molecule has 6 nitrogen and oxygen atoms in total. The lowest BCUT2D eigenvalue weighted by Gasteiger charge is -2.19. The van der Waals surface area contributed by atoms with Gasteiger partial charge in [0.05, 0.1) is 11.8 Å². The van der Waals surface area contributed by atoms with E-state index in [4.69, 9.17) is 20.4 Å². The number of carbonyl (C=O) groups is 2. The molecule has 4 N–H and O–H groups in total. The Morgan fingerprint density at radius 1 is 0.789 bits per heavy atom. The summed E-state index contributed by atoms with van der Waals surface area (Å²) in [5.41, 5.74) is 0. The number of rotatable bonds is 3. The van der Waals surface area contributed by atoms with E-state index in [-0.39, 0.29) is 17.8 Å². The van der Waals surface area contributed by atoms with Crippen LogP contribution in [0.3, 0.4) is 0 Å². The zero-order valence-corrected chi connectivity index (χ0v) is 12.8. The molecule has 19 heavy (non-hydrogen) atoms. The van der Waals surface area contributed by atoms with Gasteiger partial charge in [0, 0.05) is 5.92 Å². The van der Waals surface area contributed by atoms with Crippen molar-refractivity contribution >= 4 is 11.9 Å². The summed E-state index contributed by atoms with van der Waals surface area (Å²) in [6.45, 7) is 11.4. The standard InChI is InChI=1S/C5H12O2.2C4H8O2/c1-4(2)5(3,6)7;2*1-3(2)4(5)6/h4,6-7H,1-3H3;2*3H,1-2H3,(H,5,6). The molecule has 0 spiro atoms. The quantitative estimate of drug-likeness (QED) is 0.586. The maximum Gasteiger partial charge on any atom is 0.305 e. The molecule has 0 aliphatic carbocycles. The second-order valence-corrected chi connectivity index (χ2v) is 5.23. The highest BCUT2D eigenvalue weighted by Crippen LogP contribution is 2.09. The number of aliphatic hydroxyl groups is 2. The van der Waals surface area contributed by atoms with E-state index in [1.807, 2.05) is 0 Å². The third-order valence-corrected chi connectivity index (χ3v) is 2.08. The Balaban J connectivity index is -0.000000203. The maximum atomic E-state index is 9.70. The molecule has 0 aliphatic heterocycles. The topological polar surface area (TPSA) is 115 Å². The number of hydrogen-bond acceptors (Lipinski definition) is 4. The van der Waals surface area contributed by atoms with Gasteiger partial charge in [-0.15, -0.1) is 0 Å². The largest absolute Gasteiger partial charge is 0.481 e. The molecule has 0 rings (SSSR count). The van der Waals surface area contributed by atoms with E-state index >= 15 is 0 Å². The summed E-state index contributed by atoms with van der Waals surface area (Å²) in [6.07, 6.45) is 0. The molecule has 0 aromatic carbocycles. The van der Waals surface area contributed by atoms with Crippen LogP contribution in [0.25, 0.3) is 0 Å². The van der Waals surface area contributed by atoms with Crippen molar-refractivity contribution in [2.24, 2.45) is 17.8 Å². The normalized spacial score (nSPS) is 10.5. The first-order valence-electron chi connectivity index (χ1n) is 6.13. The molecule has 0 fully saturated rings. The Bertz CT molecular complexity index is 232. The number of carboxylic acids is 2. The number of carboxylic acid groups (broad SMARTS) is 2. The van der Waals surface area contributed by atoms with Crippen LogP contribution in [0, 0.1) is 17.8 Å². The Labute approximate surface area is 115 Å². The van der Waals surface area contributed by atoms with E-state index in [2.05, 4.69) is 0 Å². The van der Waals surface area contributed by atoms with Crippen LogP contribution in [0.2, 0.25) is 0 Å². The van der Waals surface area contributed by atoms with Gasteiger partial charge in [-0.05, 0) is 6.92 Å². The van der Waals surface area contributed by atoms with E-state index in [1.165, 1.54) is 6.92 Å². The average Bonchev–Trinajstić information content (AvgIpc) is 2.17. The van der Waals surface area contributed by atoms with Crippen molar-refractivity contribution in [1.82, 2.24) is 0 Å². The lowest BCUT2D eigenvalue weighted by atomic mass is 10.1. The van der Waals surface area contributed by atoms with Gasteiger partial charge in [-0.1, -0.05) is 41.5 Å². The van der Waals surface area contributed by atoms with Crippen LogP contribution in [0.15, 0.2) is 0 Å². The molecule has 0 atom stereocenters. The average molecular weight is 280 g/mol. The second kappa shape index (κ2) is 10.8. The summed E-state index contributed by atoms with van der Waals surface area (Å²) in [5.74, 6) is -3.53. The van der Waals surface area contributed by atoms with Gasteiger partial charge in [-0.25, -0.2) is 0 Å². The predicted molar refractivity (Wildman–Crippen MR) is 72.6 cm³/mol. The third-order valence-electron chi connectivity index (χ3n) is 2.08. The minimum atomic E-state index is -1.50. The monoisotopic (exact) mass is 280 g/mol. The molecule has 116 valence electrons. The summed E-state index contributed by atoms with van der Waals surface area (Å²) in [6, 6.07) is 0. The molecule has 0 aromatic rings. The van der Waals surface area contributed by atoms with E-state index in [1.54, 1.807) is 41.5 Å². The highest BCUT2D eigenvalue weighted by Gasteiger charge is 2.19. The van der Waals surface area contributed by atoms with Crippen LogP contribution < -0.4 is 0 Å². The first kappa shape index (κ1) is 23.0. The van der Waals surface area contributed by atoms with E-state index < -0.39 is 17.7 Å². The Kier molecular flexibility index (Phi) is 13.0. The van der Waals surface area contributed by atoms with Crippen LogP contribution >= 0.6 is 0 Å². The molecule has 0 aliphatic rings. The molecule has 0 bridgehead atoms. The molecular formula is C13H28O6. The molecule has 0 saturated carbocycles. The summed E-state index contributed by atoms with van der Waals surface area (Å²) in [7, 11) is 0. The van der Waals surface area contributed by atoms with Crippen LogP contribution in [-0.4, -0.2) is 38.2 Å². The van der Waals surface area contributed by atoms with Gasteiger partial charge >= 0.3 is 11.9 Å². The van der Waals surface area contributed by atoms with Gasteiger partial charge in [0.15, 0.2) is 5.79 Å². The molecule has 0 aromatic heterocycles. The molecule has 0 radical (unpaired) electrons. The van der Waals surface area contributed by atoms with Gasteiger partial charge < -0.3 is 20.4 Å². The molecule has 0 amide bonds. The summed E-state index contributed by atoms with van der Waals surface area (Å²) < 4.78 is 0. The first-order valence-corrected chi connectivity index (χ1v) is 6.13. The van der Waals surface area contributed by atoms with E-state index in [9.17, 15) is 9.59 Å². The summed E-state index contributed by atoms with van der Waals surface area (Å²) in [5, 5.41) is 33.3. The Morgan fingerprint density at radius 3 is 0.895 bits per heavy atom. The fourth-order valence-electron chi connectivity index (χ4n) is 0. The smallest absolute Gasteiger partial charge is 0.305 e. The first-order chi connectivity index (χ1) is 8.23. The highest BCUT2D eigenvalue weighted by atomic mass is 16.5. The van der Waals surface area contributed by atoms with Crippen molar-refractivity contribution in [1.29, 1.82) is 0 Å². The Hall–Kier alpha value is -1.14. The summed E-state index contributed by atoms with van der Waals surface area (Å²) in [4.78, 5) is 19.4. The third kappa shape index (κ3) is 22.5. The van der Waals surface area contributed by atoms with E-state index in [0.717, 1.165) is 0 Å². The molecule has 6 heteroatoms. The highest BCUT2D eigenvalue weighted by molar-refractivity contribution is 5.69. The zero-order chi connectivity index (χ0) is 16.4. The van der Waals surface area contributed by atoms with Crippen molar-refractivity contribution in [3.05, 3.63) is 0 Å². The lowest BCUT2D eigenvalue weighted by molar-refractivity contribution is -0.176. The number of hydrogen-bond donors (Lipinski definition) is 4. The number of aliphatic carboxylic acids is 2. The summed E-state index contributed by atoms with van der Waals surface area (Å²) >= 11 is 0. The van der Waals surface area contributed by atoms with Crippen molar-refractivity contribution in [2.45, 2.75) is 54.3 Å². The zero-order valence-electron chi connectivity index (χ0n) is 12.8. The minimum Gasteiger partial charge on any atom is -0.481 e. The van der Waals surface area contributed by atoms with Gasteiger partial charge in [0.2, 0.25) is 0 Å². The minimum absolute atomic E-state index is 0.0903. The molecular weight excluding hydrogens is 252 g/mol. The fourth-order valence-corrected chi connectivity index (χ4v) is 0. The van der Waals surface area contributed by atoms with Crippen LogP contribution in [0.1, 0.15) is 48.5 Å². The van der Waals surface area contributed by atoms with Crippen molar-refractivity contribution in [3.63, 3.8) is 0 Å². The van der Waals surface area contributed by atoms with Gasteiger partial charge in [-0.2, -0.15) is 0 Å². The van der Waals surface area contributed by atoms with Crippen LogP contribution in [-0.2, 0) is 9.59 Å². The molecule has 0 saturated heterocycles. The molecule has 0 heterocycles. The van der Waals surface area contributed by atoms with Crippen LogP contribution in [0.5, 0.6) is 0 Å². The van der Waals surface area contributed by atoms with Gasteiger partial charge in [0.1, 0.15) is 0 Å². The second-order valence-electron chi connectivity index (χ2n) is 5.23. The SMILES string of the molecule is CC(C)C(=O)O.CC(C)C(=O)O.CC(C)C(C)(O)O. The maximum absolute atomic E-state index is 9.70. The van der Waals surface area contributed by atoms with Crippen LogP contribution in [0.4, 0.5) is 0 Å². The fraction of sp³-hybridized carbons (Fsp3) is 0.846. The predicted octanol–water partition coefficient (Wildman–Crippen LogP) is 1.80. The van der Waals surface area contributed by atoms with Crippen molar-refractivity contribution in [3.8, 4) is 0 Å². The molecule has 0 unspecified atom stereocenters. The van der Waals surface area contributed by atoms with Gasteiger partial charge in [0.25, 0.3) is 0 Å². The van der Waals surface area contributed by atoms with Crippen molar-refractivity contribution < 1.29 is 30.0 Å².